The predicted octanol–water partition coefficient (Wildman–Crippen LogP) is 6.82. The first-order valence-electron chi connectivity index (χ1n) is 13.4. The van der Waals surface area contributed by atoms with Gasteiger partial charge in [0.1, 0.15) is 12.6 Å². The fourth-order valence-electron chi connectivity index (χ4n) is 4.90. The zero-order valence-corrected chi connectivity index (χ0v) is 26.5. The first-order chi connectivity index (χ1) is 19.6. The van der Waals surface area contributed by atoms with Gasteiger partial charge in [0.2, 0.25) is 11.8 Å². The summed E-state index contributed by atoms with van der Waals surface area (Å²) in [6, 6.07) is 18.9. The van der Waals surface area contributed by atoms with Gasteiger partial charge in [0.05, 0.1) is 15.6 Å². The highest BCUT2D eigenvalue weighted by atomic mass is 79.9. The van der Waals surface area contributed by atoms with Crippen LogP contribution in [-0.2, 0) is 26.2 Å². The van der Waals surface area contributed by atoms with Gasteiger partial charge in [-0.1, -0.05) is 88.7 Å². The lowest BCUT2D eigenvalue weighted by Gasteiger charge is -2.33. The van der Waals surface area contributed by atoms with E-state index in [2.05, 4.69) is 21.2 Å². The Morgan fingerprint density at radius 3 is 2.34 bits per heavy atom. The average molecular weight is 681 g/mol. The number of nitrogens with zero attached hydrogens (tertiary/aromatic N) is 2. The number of sulfonamides is 1. The molecule has 1 aliphatic carbocycles. The van der Waals surface area contributed by atoms with Crippen LogP contribution < -0.4 is 9.62 Å². The quantitative estimate of drug-likeness (QED) is 0.255. The van der Waals surface area contributed by atoms with E-state index in [9.17, 15) is 18.0 Å². The Morgan fingerprint density at radius 2 is 1.68 bits per heavy atom. The molecule has 2 amide bonds. The van der Waals surface area contributed by atoms with Gasteiger partial charge in [-0.05, 0) is 67.8 Å². The highest BCUT2D eigenvalue weighted by Crippen LogP contribution is 2.33. The van der Waals surface area contributed by atoms with E-state index < -0.39 is 28.5 Å². The molecule has 0 aliphatic heterocycles. The van der Waals surface area contributed by atoms with Crippen LogP contribution in [0.4, 0.5) is 5.69 Å². The van der Waals surface area contributed by atoms with Crippen LogP contribution in [0.15, 0.2) is 82.2 Å². The number of carbonyl (C=O) groups is 2. The minimum atomic E-state index is -4.22. The first-order valence-corrected chi connectivity index (χ1v) is 16.4. The summed E-state index contributed by atoms with van der Waals surface area (Å²) in [6.07, 6.45) is 5.04. The summed E-state index contributed by atoms with van der Waals surface area (Å²) in [5, 5.41) is 3.50. The fourth-order valence-corrected chi connectivity index (χ4v) is 7.36. The topological polar surface area (TPSA) is 86.8 Å². The summed E-state index contributed by atoms with van der Waals surface area (Å²) in [4.78, 5) is 28.9. The van der Waals surface area contributed by atoms with Crippen LogP contribution in [0, 0.1) is 0 Å². The number of benzene rings is 3. The molecule has 0 aromatic heterocycles. The molecular weight excluding hydrogens is 649 g/mol. The Hall–Kier alpha value is -2.59. The summed E-state index contributed by atoms with van der Waals surface area (Å²) >= 11 is 16.0. The first kappa shape index (κ1) is 31.3. The number of halogens is 3. The Morgan fingerprint density at radius 1 is 0.976 bits per heavy atom. The van der Waals surface area contributed by atoms with Crippen molar-refractivity contribution >= 4 is 66.7 Å². The van der Waals surface area contributed by atoms with Gasteiger partial charge in [-0.15, -0.1) is 0 Å². The molecule has 7 nitrogen and oxygen atoms in total. The van der Waals surface area contributed by atoms with Crippen LogP contribution in [0.3, 0.4) is 0 Å². The van der Waals surface area contributed by atoms with Crippen molar-refractivity contribution in [1.29, 1.82) is 0 Å². The van der Waals surface area contributed by atoms with Gasteiger partial charge >= 0.3 is 0 Å². The zero-order valence-electron chi connectivity index (χ0n) is 22.6. The highest BCUT2D eigenvalue weighted by molar-refractivity contribution is 9.10. The van der Waals surface area contributed by atoms with E-state index in [0.717, 1.165) is 46.4 Å². The average Bonchev–Trinajstić information content (AvgIpc) is 2.95. The SMILES string of the molecule is C[C@H](C(=O)NC1CCCCC1)N(Cc1cccc(Br)c1)C(=O)CN(c1ccc(Cl)cc1Cl)S(=O)(=O)c1ccccc1. The molecule has 3 aromatic rings. The largest absolute Gasteiger partial charge is 0.352 e. The Balaban J connectivity index is 1.69. The zero-order chi connectivity index (χ0) is 29.6. The molecule has 1 aliphatic rings. The van der Waals surface area contributed by atoms with Crippen LogP contribution in [0.25, 0.3) is 0 Å². The van der Waals surface area contributed by atoms with Crippen molar-refractivity contribution in [1.82, 2.24) is 10.2 Å². The van der Waals surface area contributed by atoms with Crippen LogP contribution in [0.5, 0.6) is 0 Å². The summed E-state index contributed by atoms with van der Waals surface area (Å²) in [5.41, 5.74) is 0.891. The van der Waals surface area contributed by atoms with Crippen molar-refractivity contribution in [2.24, 2.45) is 0 Å². The van der Waals surface area contributed by atoms with Gasteiger partial charge in [-0.25, -0.2) is 8.42 Å². The third kappa shape index (κ3) is 8.03. The van der Waals surface area contributed by atoms with Gasteiger partial charge in [0, 0.05) is 22.1 Å². The predicted molar refractivity (Wildman–Crippen MR) is 167 cm³/mol. The molecule has 4 rings (SSSR count). The number of rotatable bonds is 10. The number of hydrogen-bond donors (Lipinski definition) is 1. The van der Waals surface area contributed by atoms with Gasteiger partial charge in [-0.2, -0.15) is 0 Å². The minimum absolute atomic E-state index is 0.000414. The van der Waals surface area contributed by atoms with Crippen molar-refractivity contribution in [3.8, 4) is 0 Å². The van der Waals surface area contributed by atoms with Crippen LogP contribution in [-0.4, -0.2) is 43.8 Å². The lowest BCUT2D eigenvalue weighted by molar-refractivity contribution is -0.139. The molecule has 1 saturated carbocycles. The third-order valence-electron chi connectivity index (χ3n) is 7.15. The van der Waals surface area contributed by atoms with E-state index in [1.807, 2.05) is 24.3 Å². The summed E-state index contributed by atoms with van der Waals surface area (Å²) in [5.74, 6) is -0.830. The molecule has 0 spiro atoms. The molecule has 1 N–H and O–H groups in total. The molecule has 1 fully saturated rings. The van der Waals surface area contributed by atoms with E-state index in [-0.39, 0.29) is 34.1 Å². The van der Waals surface area contributed by atoms with E-state index in [0.29, 0.717) is 5.02 Å². The molecule has 0 unspecified atom stereocenters. The maximum absolute atomic E-state index is 14.1. The lowest BCUT2D eigenvalue weighted by atomic mass is 9.95. The van der Waals surface area contributed by atoms with E-state index in [1.165, 1.54) is 35.2 Å². The maximum atomic E-state index is 14.1. The van der Waals surface area contributed by atoms with Crippen LogP contribution in [0.1, 0.15) is 44.6 Å². The van der Waals surface area contributed by atoms with Crippen LogP contribution >= 0.6 is 39.1 Å². The second-order valence-electron chi connectivity index (χ2n) is 10.1. The van der Waals surface area contributed by atoms with Gasteiger partial charge in [0.15, 0.2) is 0 Å². The number of amides is 2. The normalized spacial score (nSPS) is 14.7. The van der Waals surface area contributed by atoms with Crippen molar-refractivity contribution in [3.05, 3.63) is 92.9 Å². The lowest BCUT2D eigenvalue weighted by Crippen LogP contribution is -2.53. The molecule has 218 valence electrons. The second kappa shape index (κ2) is 14.1. The van der Waals surface area contributed by atoms with E-state index in [4.69, 9.17) is 23.2 Å². The number of anilines is 1. The Kier molecular flexibility index (Phi) is 10.7. The number of nitrogens with one attached hydrogen (secondary N) is 1. The Labute approximate surface area is 260 Å². The molecule has 0 heterocycles. The minimum Gasteiger partial charge on any atom is -0.352 e. The number of hydrogen-bond acceptors (Lipinski definition) is 4. The van der Waals surface area contributed by atoms with Gasteiger partial charge in [0.25, 0.3) is 10.0 Å². The van der Waals surface area contributed by atoms with Crippen molar-refractivity contribution in [3.63, 3.8) is 0 Å². The summed E-state index contributed by atoms with van der Waals surface area (Å²) < 4.78 is 29.5. The molecule has 11 heteroatoms. The highest BCUT2D eigenvalue weighted by Gasteiger charge is 2.34. The molecular formula is C30H32BrCl2N3O4S. The molecule has 41 heavy (non-hydrogen) atoms. The van der Waals surface area contributed by atoms with Crippen molar-refractivity contribution < 1.29 is 18.0 Å². The maximum Gasteiger partial charge on any atom is 0.264 e. The molecule has 0 bridgehead atoms. The van der Waals surface area contributed by atoms with Crippen molar-refractivity contribution in [2.45, 2.75) is 62.6 Å². The molecule has 1 atom stereocenters. The van der Waals surface area contributed by atoms with E-state index >= 15 is 0 Å². The standard InChI is InChI=1S/C30H32BrCl2N3O4S/c1-21(30(38)34-25-11-4-2-5-12-25)35(19-22-9-8-10-23(31)17-22)29(37)20-36(28-16-15-24(32)18-27(28)33)41(39,40)26-13-6-3-7-14-26/h3,6-10,13-18,21,25H,2,4-5,11-12,19-20H2,1H3,(H,34,38)/t21-/m1/s1. The summed E-state index contributed by atoms with van der Waals surface area (Å²) in [6.45, 7) is 1.19. The smallest absolute Gasteiger partial charge is 0.264 e. The fraction of sp³-hybridized carbons (Fsp3) is 0.333. The van der Waals surface area contributed by atoms with E-state index in [1.54, 1.807) is 25.1 Å². The van der Waals surface area contributed by atoms with Crippen LogP contribution in [0.2, 0.25) is 10.0 Å². The van der Waals surface area contributed by atoms with Gasteiger partial charge < -0.3 is 10.2 Å². The second-order valence-corrected chi connectivity index (χ2v) is 13.7. The summed E-state index contributed by atoms with van der Waals surface area (Å²) in [7, 11) is -4.22. The Bertz CT molecular complexity index is 1480. The van der Waals surface area contributed by atoms with Gasteiger partial charge in [-0.3, -0.25) is 13.9 Å². The molecule has 0 saturated heterocycles. The number of carbonyl (C=O) groups excluding carboxylic acids is 2. The monoisotopic (exact) mass is 679 g/mol. The van der Waals surface area contributed by atoms with Crippen molar-refractivity contribution in [2.75, 3.05) is 10.8 Å². The third-order valence-corrected chi connectivity index (χ3v) is 9.95. The molecule has 0 radical (unpaired) electrons. The molecule has 3 aromatic carbocycles.